The second-order valence-corrected chi connectivity index (χ2v) is 8.76. The summed E-state index contributed by atoms with van der Waals surface area (Å²) in [7, 11) is 0. The highest BCUT2D eigenvalue weighted by molar-refractivity contribution is 8.00. The molecule has 0 bridgehead atoms. The first kappa shape index (κ1) is 23.0. The molecule has 1 aliphatic carbocycles. The van der Waals surface area contributed by atoms with Gasteiger partial charge in [-0.25, -0.2) is 14.4 Å². The van der Waals surface area contributed by atoms with Crippen LogP contribution >= 0.6 is 23.1 Å². The van der Waals surface area contributed by atoms with Gasteiger partial charge in [-0.3, -0.25) is 4.79 Å². The summed E-state index contributed by atoms with van der Waals surface area (Å²) >= 11 is 2.34. The highest BCUT2D eigenvalue weighted by Crippen LogP contribution is 2.39. The molecule has 0 aliphatic heterocycles. The third kappa shape index (κ3) is 5.16. The number of hydrogen-bond acceptors (Lipinski definition) is 9. The zero-order valence-corrected chi connectivity index (χ0v) is 19.1. The van der Waals surface area contributed by atoms with Crippen molar-refractivity contribution < 1.29 is 23.9 Å². The molecule has 11 heteroatoms. The lowest BCUT2D eigenvalue weighted by molar-refractivity contribution is -0.113. The predicted molar refractivity (Wildman–Crippen MR) is 117 cm³/mol. The molecule has 0 saturated carbocycles. The Labute approximate surface area is 186 Å². The van der Waals surface area contributed by atoms with Gasteiger partial charge in [0.25, 0.3) is 0 Å². The van der Waals surface area contributed by atoms with E-state index >= 15 is 0 Å². The first-order valence-electron chi connectivity index (χ1n) is 9.88. The van der Waals surface area contributed by atoms with Gasteiger partial charge in [-0.1, -0.05) is 11.8 Å². The minimum Gasteiger partial charge on any atom is -0.462 e. The number of H-pyrrole nitrogens is 1. The molecule has 2 aromatic rings. The molecule has 166 valence electrons. The number of thiophene rings is 1. The monoisotopic (exact) mass is 465 g/mol. The molecule has 0 spiro atoms. The van der Waals surface area contributed by atoms with Gasteiger partial charge in [-0.15, -0.1) is 11.3 Å². The van der Waals surface area contributed by atoms with Crippen molar-refractivity contribution in [3.63, 3.8) is 0 Å². The fraction of sp³-hybridized carbons (Fsp3) is 0.450. The van der Waals surface area contributed by atoms with E-state index in [0.29, 0.717) is 16.3 Å². The quantitative estimate of drug-likeness (QED) is 0.346. The van der Waals surface area contributed by atoms with E-state index in [9.17, 15) is 19.2 Å². The first-order chi connectivity index (χ1) is 14.8. The van der Waals surface area contributed by atoms with Crippen molar-refractivity contribution in [2.45, 2.75) is 45.1 Å². The Morgan fingerprint density at radius 2 is 1.81 bits per heavy atom. The number of fused-ring (bicyclic) bond motifs is 1. The third-order valence-corrected chi connectivity index (χ3v) is 6.74. The van der Waals surface area contributed by atoms with Crippen molar-refractivity contribution >= 4 is 45.9 Å². The third-order valence-electron chi connectivity index (χ3n) is 4.56. The molecule has 1 amide bonds. The minimum atomic E-state index is -0.620. The van der Waals surface area contributed by atoms with Crippen LogP contribution in [0.4, 0.5) is 5.00 Å². The number of aromatic amines is 1. The molecule has 0 atom stereocenters. The van der Waals surface area contributed by atoms with Gasteiger partial charge in [0.2, 0.25) is 5.91 Å². The lowest BCUT2D eigenvalue weighted by atomic mass is 10.1. The summed E-state index contributed by atoms with van der Waals surface area (Å²) in [6, 6.07) is 0. The normalized spacial score (nSPS) is 12.4. The van der Waals surface area contributed by atoms with E-state index in [2.05, 4.69) is 15.3 Å². The van der Waals surface area contributed by atoms with Crippen LogP contribution in [0.3, 0.4) is 0 Å². The van der Waals surface area contributed by atoms with Gasteiger partial charge in [-0.05, 0) is 45.6 Å². The number of aromatic nitrogens is 2. The van der Waals surface area contributed by atoms with E-state index < -0.39 is 17.6 Å². The van der Waals surface area contributed by atoms with Gasteiger partial charge in [0.1, 0.15) is 15.6 Å². The molecule has 0 fully saturated rings. The molecular weight excluding hydrogens is 442 g/mol. The molecule has 3 rings (SSSR count). The van der Waals surface area contributed by atoms with Gasteiger partial charge in [-0.2, -0.15) is 4.98 Å². The van der Waals surface area contributed by atoms with Gasteiger partial charge >= 0.3 is 17.6 Å². The lowest BCUT2D eigenvalue weighted by Gasteiger charge is -2.10. The average molecular weight is 466 g/mol. The number of anilines is 1. The average Bonchev–Trinajstić information content (AvgIpc) is 3.26. The summed E-state index contributed by atoms with van der Waals surface area (Å²) < 4.78 is 10.2. The number of esters is 2. The number of aryl methyl sites for hydroxylation is 2. The van der Waals surface area contributed by atoms with Crippen LogP contribution in [0.25, 0.3) is 0 Å². The van der Waals surface area contributed by atoms with Gasteiger partial charge in [0.05, 0.1) is 24.5 Å². The number of rotatable bonds is 8. The highest BCUT2D eigenvalue weighted by Gasteiger charge is 2.28. The van der Waals surface area contributed by atoms with Crippen molar-refractivity contribution in [3.05, 3.63) is 37.7 Å². The van der Waals surface area contributed by atoms with Crippen LogP contribution in [-0.2, 0) is 27.1 Å². The van der Waals surface area contributed by atoms with Crippen LogP contribution < -0.4 is 11.0 Å². The molecule has 2 heterocycles. The predicted octanol–water partition coefficient (Wildman–Crippen LogP) is 2.71. The summed E-state index contributed by atoms with van der Waals surface area (Å²) in [5.74, 6) is -1.55. The van der Waals surface area contributed by atoms with E-state index in [-0.39, 0.29) is 35.5 Å². The van der Waals surface area contributed by atoms with Crippen LogP contribution in [0.1, 0.15) is 57.1 Å². The molecule has 0 aromatic carbocycles. The lowest BCUT2D eigenvalue weighted by Crippen LogP contribution is -2.21. The standard InChI is InChI=1S/C20H23N3O6S2/c1-4-28-18(25)14-10(3)21-20(27)23-16(14)30-9-13(24)22-17-15(19(26)29-5-2)11-7-6-8-12(11)31-17/h4-9H2,1-3H3,(H,22,24)(H,21,23,27). The maximum absolute atomic E-state index is 12.6. The Morgan fingerprint density at radius 1 is 1.13 bits per heavy atom. The van der Waals surface area contributed by atoms with Gasteiger partial charge in [0.15, 0.2) is 0 Å². The van der Waals surface area contributed by atoms with E-state index in [1.165, 1.54) is 11.3 Å². The van der Waals surface area contributed by atoms with Crippen molar-refractivity contribution in [1.82, 2.24) is 9.97 Å². The van der Waals surface area contributed by atoms with Crippen molar-refractivity contribution in [2.75, 3.05) is 24.3 Å². The second kappa shape index (κ2) is 10.1. The van der Waals surface area contributed by atoms with Crippen LogP contribution in [0.15, 0.2) is 9.82 Å². The van der Waals surface area contributed by atoms with E-state index in [0.717, 1.165) is 41.5 Å². The number of ether oxygens (including phenoxy) is 2. The molecule has 31 heavy (non-hydrogen) atoms. The number of carbonyl (C=O) groups is 3. The minimum absolute atomic E-state index is 0.104. The molecule has 2 aromatic heterocycles. The topological polar surface area (TPSA) is 127 Å². The van der Waals surface area contributed by atoms with Crippen molar-refractivity contribution in [3.8, 4) is 0 Å². The molecule has 0 radical (unpaired) electrons. The Morgan fingerprint density at radius 3 is 2.48 bits per heavy atom. The Kier molecular flexibility index (Phi) is 7.50. The summed E-state index contributed by atoms with van der Waals surface area (Å²) in [5.41, 5.74) is 1.20. The van der Waals surface area contributed by atoms with Crippen LogP contribution in [0.2, 0.25) is 0 Å². The fourth-order valence-corrected chi connectivity index (χ4v) is 5.48. The van der Waals surface area contributed by atoms with Crippen LogP contribution in [-0.4, -0.2) is 46.8 Å². The molecular formula is C20H23N3O6S2. The smallest absolute Gasteiger partial charge is 0.346 e. The molecule has 0 unspecified atom stereocenters. The van der Waals surface area contributed by atoms with Crippen LogP contribution in [0, 0.1) is 6.92 Å². The Balaban J connectivity index is 1.77. The van der Waals surface area contributed by atoms with Crippen LogP contribution in [0.5, 0.6) is 0 Å². The number of nitrogens with one attached hydrogen (secondary N) is 2. The number of amides is 1. The van der Waals surface area contributed by atoms with E-state index in [1.807, 2.05) is 0 Å². The second-order valence-electron chi connectivity index (χ2n) is 6.69. The summed E-state index contributed by atoms with van der Waals surface area (Å²) in [5, 5.41) is 3.37. The van der Waals surface area contributed by atoms with Gasteiger partial charge in [0, 0.05) is 10.6 Å². The zero-order chi connectivity index (χ0) is 22.5. The fourth-order valence-electron chi connectivity index (χ4n) is 3.32. The summed E-state index contributed by atoms with van der Waals surface area (Å²) in [6.07, 6.45) is 2.63. The Hall–Kier alpha value is -2.66. The van der Waals surface area contributed by atoms with Crippen molar-refractivity contribution in [1.29, 1.82) is 0 Å². The molecule has 0 saturated heterocycles. The number of hydrogen-bond donors (Lipinski definition) is 2. The number of thioether (sulfide) groups is 1. The van der Waals surface area contributed by atoms with E-state index in [4.69, 9.17) is 9.47 Å². The maximum atomic E-state index is 12.6. The van der Waals surface area contributed by atoms with Crippen molar-refractivity contribution in [2.24, 2.45) is 0 Å². The number of nitrogens with zero attached hydrogens (tertiary/aromatic N) is 1. The molecule has 2 N–H and O–H groups in total. The Bertz CT molecular complexity index is 1080. The zero-order valence-electron chi connectivity index (χ0n) is 17.5. The number of carbonyl (C=O) groups excluding carboxylic acids is 3. The van der Waals surface area contributed by atoms with E-state index in [1.54, 1.807) is 20.8 Å². The summed E-state index contributed by atoms with van der Waals surface area (Å²) in [6.45, 7) is 5.39. The SMILES string of the molecule is CCOC(=O)c1c(SCC(=O)Nc2sc3c(c2C(=O)OCC)CCC3)nc(=O)[nH]c1C. The summed E-state index contributed by atoms with van der Waals surface area (Å²) in [4.78, 5) is 56.4. The largest absolute Gasteiger partial charge is 0.462 e. The molecule has 1 aliphatic rings. The highest BCUT2D eigenvalue weighted by atomic mass is 32.2. The maximum Gasteiger partial charge on any atom is 0.346 e. The molecule has 9 nitrogen and oxygen atoms in total. The first-order valence-corrected chi connectivity index (χ1v) is 11.7. The van der Waals surface area contributed by atoms with Gasteiger partial charge < -0.3 is 19.8 Å².